The van der Waals surface area contributed by atoms with Gasteiger partial charge in [0, 0.05) is 29.5 Å². The van der Waals surface area contributed by atoms with Crippen molar-refractivity contribution in [1.82, 2.24) is 9.71 Å². The summed E-state index contributed by atoms with van der Waals surface area (Å²) in [6.07, 6.45) is 2.83. The summed E-state index contributed by atoms with van der Waals surface area (Å²) in [4.78, 5) is 3.94. The zero-order valence-electron chi connectivity index (χ0n) is 9.72. The second-order valence-electron chi connectivity index (χ2n) is 4.10. The molecule has 0 aliphatic rings. The molecule has 0 spiro atoms. The van der Waals surface area contributed by atoms with Gasteiger partial charge in [0.15, 0.2) is 0 Å². The lowest BCUT2D eigenvalue weighted by Crippen LogP contribution is -2.40. The first kappa shape index (κ1) is 14.6. The van der Waals surface area contributed by atoms with Gasteiger partial charge in [-0.2, -0.15) is 0 Å². The topological polar surface area (TPSA) is 85.1 Å². The highest BCUT2D eigenvalue weighted by Gasteiger charge is 2.17. The number of halogens is 1. The molecule has 3 N–H and O–H groups in total. The first-order chi connectivity index (χ1) is 7.83. The van der Waals surface area contributed by atoms with Gasteiger partial charge in [0.05, 0.1) is 0 Å². The first-order valence-corrected chi connectivity index (χ1v) is 7.46. The number of aromatic nitrogens is 1. The van der Waals surface area contributed by atoms with Crippen molar-refractivity contribution in [2.45, 2.75) is 24.8 Å². The maximum Gasteiger partial charge on any atom is 0.242 e. The highest BCUT2D eigenvalue weighted by atomic mass is 79.9. The van der Waals surface area contributed by atoms with Crippen LogP contribution in [0.1, 0.15) is 13.8 Å². The number of nitrogens with zero attached hydrogens (tertiary/aromatic N) is 1. The minimum absolute atomic E-state index is 0.128. The van der Waals surface area contributed by atoms with E-state index in [-0.39, 0.29) is 23.4 Å². The molecule has 1 unspecified atom stereocenters. The summed E-state index contributed by atoms with van der Waals surface area (Å²) in [6.45, 7) is 4.10. The number of hydrogen-bond donors (Lipinski definition) is 2. The molecular formula is C10H16BrN3O2S. The van der Waals surface area contributed by atoms with E-state index in [9.17, 15) is 8.42 Å². The first-order valence-electron chi connectivity index (χ1n) is 5.18. The second kappa shape index (κ2) is 5.90. The van der Waals surface area contributed by atoms with Crippen LogP contribution >= 0.6 is 15.9 Å². The lowest BCUT2D eigenvalue weighted by Gasteiger charge is -2.16. The maximum absolute atomic E-state index is 11.9. The smallest absolute Gasteiger partial charge is 0.242 e. The predicted octanol–water partition coefficient (Wildman–Crippen LogP) is 1.11. The van der Waals surface area contributed by atoms with E-state index in [4.69, 9.17) is 5.73 Å². The Balaban J connectivity index is 2.76. The molecule has 0 radical (unpaired) electrons. The second-order valence-corrected chi connectivity index (χ2v) is 6.78. The van der Waals surface area contributed by atoms with Gasteiger partial charge in [-0.05, 0) is 27.9 Å². The molecule has 1 rings (SSSR count). The summed E-state index contributed by atoms with van der Waals surface area (Å²) in [7, 11) is -3.53. The van der Waals surface area contributed by atoms with E-state index in [1.807, 2.05) is 13.8 Å². The van der Waals surface area contributed by atoms with E-state index >= 15 is 0 Å². The molecule has 0 saturated carbocycles. The van der Waals surface area contributed by atoms with Crippen molar-refractivity contribution >= 4 is 26.0 Å². The molecule has 0 saturated heterocycles. The standard InChI is InChI=1S/C10H16BrN3O2S/c1-7(2)10(12)6-14-17(15,16)9-3-8(11)4-13-5-9/h3-5,7,10,14H,6,12H2,1-2H3. The zero-order valence-corrected chi connectivity index (χ0v) is 12.1. The van der Waals surface area contributed by atoms with Gasteiger partial charge >= 0.3 is 0 Å². The third-order valence-electron chi connectivity index (χ3n) is 2.36. The van der Waals surface area contributed by atoms with Crippen LogP contribution in [0.25, 0.3) is 0 Å². The SMILES string of the molecule is CC(C)C(N)CNS(=O)(=O)c1cncc(Br)c1. The Bertz CT molecular complexity index is 476. The lowest BCUT2D eigenvalue weighted by atomic mass is 10.1. The largest absolute Gasteiger partial charge is 0.326 e. The Hall–Kier alpha value is -0.500. The van der Waals surface area contributed by atoms with Crippen LogP contribution in [0, 0.1) is 5.92 Å². The summed E-state index contributed by atoms with van der Waals surface area (Å²) >= 11 is 3.18. The van der Waals surface area contributed by atoms with Gasteiger partial charge in [-0.25, -0.2) is 13.1 Å². The Morgan fingerprint density at radius 1 is 1.47 bits per heavy atom. The average Bonchev–Trinajstić information content (AvgIpc) is 2.26. The molecule has 0 aliphatic heterocycles. The molecule has 96 valence electrons. The van der Waals surface area contributed by atoms with Gasteiger partial charge in [0.25, 0.3) is 0 Å². The molecule has 0 aliphatic carbocycles. The number of rotatable bonds is 5. The molecule has 1 aromatic heterocycles. The molecule has 0 aromatic carbocycles. The molecule has 0 fully saturated rings. The van der Waals surface area contributed by atoms with E-state index in [0.717, 1.165) is 0 Å². The van der Waals surface area contributed by atoms with E-state index in [0.29, 0.717) is 4.47 Å². The van der Waals surface area contributed by atoms with Crippen molar-refractivity contribution in [3.63, 3.8) is 0 Å². The van der Waals surface area contributed by atoms with Crippen LogP contribution < -0.4 is 10.5 Å². The van der Waals surface area contributed by atoms with Crippen LogP contribution in [-0.2, 0) is 10.0 Å². The fraction of sp³-hybridized carbons (Fsp3) is 0.500. The van der Waals surface area contributed by atoms with E-state index in [1.54, 1.807) is 0 Å². The number of nitrogens with two attached hydrogens (primary N) is 1. The maximum atomic E-state index is 11.9. The summed E-state index contributed by atoms with van der Waals surface area (Å²) < 4.78 is 26.9. The minimum Gasteiger partial charge on any atom is -0.326 e. The molecule has 5 nitrogen and oxygen atoms in total. The predicted molar refractivity (Wildman–Crippen MR) is 69.9 cm³/mol. The fourth-order valence-corrected chi connectivity index (χ4v) is 2.64. The van der Waals surface area contributed by atoms with Crippen LogP contribution in [0.2, 0.25) is 0 Å². The summed E-state index contributed by atoms with van der Waals surface area (Å²) in [6, 6.07) is 1.29. The van der Waals surface area contributed by atoms with Gasteiger partial charge in [-0.3, -0.25) is 4.98 Å². The van der Waals surface area contributed by atoms with Crippen molar-refractivity contribution in [2.75, 3.05) is 6.54 Å². The van der Waals surface area contributed by atoms with Crippen molar-refractivity contribution < 1.29 is 8.42 Å². The van der Waals surface area contributed by atoms with Gasteiger partial charge in [-0.15, -0.1) is 0 Å². The van der Waals surface area contributed by atoms with Crippen LogP contribution in [0.3, 0.4) is 0 Å². The van der Waals surface area contributed by atoms with Crippen molar-refractivity contribution in [2.24, 2.45) is 11.7 Å². The Morgan fingerprint density at radius 3 is 2.65 bits per heavy atom. The zero-order chi connectivity index (χ0) is 13.1. The quantitative estimate of drug-likeness (QED) is 0.850. The van der Waals surface area contributed by atoms with Crippen LogP contribution in [0.15, 0.2) is 27.8 Å². The molecule has 1 aromatic rings. The van der Waals surface area contributed by atoms with Gasteiger partial charge < -0.3 is 5.73 Å². The normalized spacial score (nSPS) is 13.9. The van der Waals surface area contributed by atoms with E-state index in [1.165, 1.54) is 18.5 Å². The van der Waals surface area contributed by atoms with Crippen LogP contribution in [0.5, 0.6) is 0 Å². The minimum atomic E-state index is -3.53. The van der Waals surface area contributed by atoms with Crippen LogP contribution in [-0.4, -0.2) is 26.0 Å². The Labute approximate surface area is 110 Å². The third kappa shape index (κ3) is 4.34. The molecule has 1 atom stereocenters. The van der Waals surface area contributed by atoms with Crippen LogP contribution in [0.4, 0.5) is 0 Å². The van der Waals surface area contributed by atoms with Crippen molar-refractivity contribution in [3.05, 3.63) is 22.9 Å². The third-order valence-corrected chi connectivity index (χ3v) is 4.18. The van der Waals surface area contributed by atoms with E-state index < -0.39 is 10.0 Å². The number of nitrogens with one attached hydrogen (secondary N) is 1. The molecular weight excluding hydrogens is 306 g/mol. The highest BCUT2D eigenvalue weighted by Crippen LogP contribution is 2.14. The lowest BCUT2D eigenvalue weighted by molar-refractivity contribution is 0.481. The van der Waals surface area contributed by atoms with Gasteiger partial charge in [0.2, 0.25) is 10.0 Å². The Kier molecular flexibility index (Phi) is 5.05. The van der Waals surface area contributed by atoms with Gasteiger partial charge in [-0.1, -0.05) is 13.8 Å². The molecule has 0 bridgehead atoms. The number of sulfonamides is 1. The van der Waals surface area contributed by atoms with E-state index in [2.05, 4.69) is 25.6 Å². The van der Waals surface area contributed by atoms with Gasteiger partial charge in [0.1, 0.15) is 4.90 Å². The monoisotopic (exact) mass is 321 g/mol. The van der Waals surface area contributed by atoms with Crippen molar-refractivity contribution in [3.8, 4) is 0 Å². The average molecular weight is 322 g/mol. The summed E-state index contributed by atoms with van der Waals surface area (Å²) in [5.41, 5.74) is 5.78. The summed E-state index contributed by atoms with van der Waals surface area (Å²) in [5, 5.41) is 0. The molecule has 0 amide bonds. The molecule has 1 heterocycles. The Morgan fingerprint density at radius 2 is 2.12 bits per heavy atom. The number of hydrogen-bond acceptors (Lipinski definition) is 4. The molecule has 7 heteroatoms. The summed E-state index contributed by atoms with van der Waals surface area (Å²) in [5.74, 6) is 0.221. The highest BCUT2D eigenvalue weighted by molar-refractivity contribution is 9.10. The van der Waals surface area contributed by atoms with Crippen molar-refractivity contribution in [1.29, 1.82) is 0 Å². The fourth-order valence-electron chi connectivity index (χ4n) is 1.06. The molecule has 17 heavy (non-hydrogen) atoms. The number of pyridine rings is 1.